The summed E-state index contributed by atoms with van der Waals surface area (Å²) in [5.41, 5.74) is 7.00. The summed E-state index contributed by atoms with van der Waals surface area (Å²) in [7, 11) is 3.02. The van der Waals surface area contributed by atoms with Crippen LogP contribution in [0.25, 0.3) is 0 Å². The highest BCUT2D eigenvalue weighted by Crippen LogP contribution is 2.36. The molecule has 1 aromatic carbocycles. The maximum Gasteiger partial charge on any atom is 0.293 e. The second kappa shape index (κ2) is 8.89. The van der Waals surface area contributed by atoms with Crippen LogP contribution in [-0.4, -0.2) is 59.4 Å². The zero-order chi connectivity index (χ0) is 22.7. The predicted octanol–water partition coefficient (Wildman–Crippen LogP) is 0.967. The summed E-state index contributed by atoms with van der Waals surface area (Å²) >= 11 is 0. The largest absolute Gasteiger partial charge is 0.493 e. The summed E-state index contributed by atoms with van der Waals surface area (Å²) in [6.45, 7) is 0.838. The molecular weight excluding hydrogens is 418 g/mol. The second-order valence-corrected chi connectivity index (χ2v) is 6.70. The molecule has 166 valence electrons. The van der Waals surface area contributed by atoms with Gasteiger partial charge in [0.25, 0.3) is 17.8 Å². The van der Waals surface area contributed by atoms with Gasteiger partial charge in [0.2, 0.25) is 5.82 Å². The van der Waals surface area contributed by atoms with Crippen LogP contribution in [0.15, 0.2) is 30.6 Å². The van der Waals surface area contributed by atoms with Crippen molar-refractivity contribution in [2.24, 2.45) is 5.73 Å². The Morgan fingerprint density at radius 2 is 2.03 bits per heavy atom. The zero-order valence-electron chi connectivity index (χ0n) is 17.4. The Balaban J connectivity index is 1.52. The number of nitrogens with two attached hydrogens (primary N) is 1. The number of hydrogen-bond donors (Lipinski definition) is 3. The average Bonchev–Trinajstić information content (AvgIpc) is 3.42. The molecule has 0 saturated heterocycles. The normalized spacial score (nSPS) is 12.5. The highest BCUT2D eigenvalue weighted by Gasteiger charge is 2.33. The molecule has 12 nitrogen and oxygen atoms in total. The van der Waals surface area contributed by atoms with Gasteiger partial charge in [0, 0.05) is 24.4 Å². The van der Waals surface area contributed by atoms with Crippen molar-refractivity contribution in [1.82, 2.24) is 20.2 Å². The van der Waals surface area contributed by atoms with Crippen LogP contribution in [0.3, 0.4) is 0 Å². The van der Waals surface area contributed by atoms with Crippen molar-refractivity contribution in [3.05, 3.63) is 47.5 Å². The van der Waals surface area contributed by atoms with Crippen LogP contribution in [0.4, 0.5) is 11.6 Å². The van der Waals surface area contributed by atoms with E-state index in [1.54, 1.807) is 18.2 Å². The number of carbonyl (C=O) groups excluding carboxylic acids is 2. The van der Waals surface area contributed by atoms with E-state index in [0.29, 0.717) is 35.0 Å². The molecule has 12 heteroatoms. The fourth-order valence-electron chi connectivity index (χ4n) is 3.23. The number of H-pyrrole nitrogens is 1. The van der Waals surface area contributed by atoms with Crippen molar-refractivity contribution in [2.45, 2.75) is 6.54 Å². The van der Waals surface area contributed by atoms with Gasteiger partial charge in [-0.25, -0.2) is 0 Å². The minimum atomic E-state index is -0.568. The first-order chi connectivity index (χ1) is 15.5. The van der Waals surface area contributed by atoms with Crippen LogP contribution in [0, 0.1) is 0 Å². The summed E-state index contributed by atoms with van der Waals surface area (Å²) in [5, 5.41) is 9.25. The number of aromatic nitrogens is 4. The third kappa shape index (κ3) is 3.90. The van der Waals surface area contributed by atoms with Gasteiger partial charge in [0.1, 0.15) is 18.0 Å². The number of aromatic amines is 1. The summed E-state index contributed by atoms with van der Waals surface area (Å²) < 4.78 is 16.1. The highest BCUT2D eigenvalue weighted by atomic mass is 16.5. The number of nitrogens with one attached hydrogen (secondary N) is 2. The van der Waals surface area contributed by atoms with Crippen LogP contribution < -0.4 is 30.2 Å². The van der Waals surface area contributed by atoms with Gasteiger partial charge in [-0.1, -0.05) is 0 Å². The number of benzene rings is 1. The van der Waals surface area contributed by atoms with Crippen LogP contribution in [0.2, 0.25) is 0 Å². The highest BCUT2D eigenvalue weighted by molar-refractivity contribution is 6.10. The Hall–Kier alpha value is -4.19. The van der Waals surface area contributed by atoms with Crippen LogP contribution in [-0.2, 0) is 6.54 Å². The first kappa shape index (κ1) is 21.1. The van der Waals surface area contributed by atoms with Crippen molar-refractivity contribution in [1.29, 1.82) is 0 Å². The van der Waals surface area contributed by atoms with E-state index >= 15 is 0 Å². The molecular formula is C20H21N7O5. The lowest BCUT2D eigenvalue weighted by Gasteiger charge is -2.10. The number of fused-ring (bicyclic) bond motifs is 1. The summed E-state index contributed by atoms with van der Waals surface area (Å²) in [4.78, 5) is 35.0. The summed E-state index contributed by atoms with van der Waals surface area (Å²) in [5.74, 6) is 0.499. The molecule has 2 aromatic heterocycles. The number of hydrogen-bond acceptors (Lipinski definition) is 9. The molecule has 0 spiro atoms. The fourth-order valence-corrected chi connectivity index (χ4v) is 3.23. The molecule has 0 saturated carbocycles. The molecule has 0 bridgehead atoms. The SMILES string of the molecule is COc1cc2c(cc1OC)C(=O)N(c1n[nH]c(C(=O)Nc3cnccc3OCCN)n1)C2. The minimum Gasteiger partial charge on any atom is -0.493 e. The van der Waals surface area contributed by atoms with Crippen molar-refractivity contribution in [2.75, 3.05) is 37.6 Å². The molecule has 4 N–H and O–H groups in total. The number of rotatable bonds is 8. The number of ether oxygens (including phenoxy) is 3. The lowest BCUT2D eigenvalue weighted by atomic mass is 10.1. The molecule has 0 aliphatic carbocycles. The topological polar surface area (TPSA) is 158 Å². The molecule has 3 heterocycles. The third-order valence-corrected chi connectivity index (χ3v) is 4.75. The van der Waals surface area contributed by atoms with Gasteiger partial charge >= 0.3 is 0 Å². The molecule has 1 aliphatic heterocycles. The van der Waals surface area contributed by atoms with Gasteiger partial charge < -0.3 is 25.3 Å². The first-order valence-electron chi connectivity index (χ1n) is 9.63. The van der Waals surface area contributed by atoms with Crippen molar-refractivity contribution >= 4 is 23.5 Å². The van der Waals surface area contributed by atoms with Crippen molar-refractivity contribution < 1.29 is 23.8 Å². The number of pyridine rings is 1. The van der Waals surface area contributed by atoms with Crippen LogP contribution in [0.1, 0.15) is 26.5 Å². The molecule has 0 unspecified atom stereocenters. The van der Waals surface area contributed by atoms with E-state index in [-0.39, 0.29) is 30.8 Å². The lowest BCUT2D eigenvalue weighted by molar-refractivity contribution is 0.0990. The Morgan fingerprint density at radius 3 is 2.78 bits per heavy atom. The van der Waals surface area contributed by atoms with Crippen molar-refractivity contribution in [3.63, 3.8) is 0 Å². The smallest absolute Gasteiger partial charge is 0.293 e. The van der Waals surface area contributed by atoms with Crippen LogP contribution in [0.5, 0.6) is 17.2 Å². The third-order valence-electron chi connectivity index (χ3n) is 4.75. The lowest BCUT2D eigenvalue weighted by Crippen LogP contribution is -2.24. The van der Waals surface area contributed by atoms with Gasteiger partial charge in [-0.15, -0.1) is 5.10 Å². The van der Waals surface area contributed by atoms with E-state index in [1.165, 1.54) is 31.5 Å². The fraction of sp³-hybridized carbons (Fsp3) is 0.250. The number of amides is 2. The Labute approximate surface area is 182 Å². The molecule has 3 aromatic rings. The van der Waals surface area contributed by atoms with E-state index in [4.69, 9.17) is 19.9 Å². The van der Waals surface area contributed by atoms with E-state index < -0.39 is 5.91 Å². The molecule has 0 fully saturated rings. The van der Waals surface area contributed by atoms with Gasteiger partial charge in [0.05, 0.1) is 27.0 Å². The number of methoxy groups -OCH3 is 2. The quantitative estimate of drug-likeness (QED) is 0.465. The van der Waals surface area contributed by atoms with Gasteiger partial charge in [-0.2, -0.15) is 4.98 Å². The molecule has 2 amide bonds. The second-order valence-electron chi connectivity index (χ2n) is 6.70. The maximum absolute atomic E-state index is 12.9. The summed E-state index contributed by atoms with van der Waals surface area (Å²) in [6.07, 6.45) is 2.98. The van der Waals surface area contributed by atoms with Gasteiger partial charge in [-0.3, -0.25) is 24.6 Å². The van der Waals surface area contributed by atoms with Gasteiger partial charge in [0.15, 0.2) is 11.5 Å². The van der Waals surface area contributed by atoms with Crippen LogP contribution >= 0.6 is 0 Å². The predicted molar refractivity (Wildman–Crippen MR) is 113 cm³/mol. The molecule has 1 aliphatic rings. The molecule has 0 radical (unpaired) electrons. The molecule has 32 heavy (non-hydrogen) atoms. The molecule has 0 atom stereocenters. The Kier molecular flexibility index (Phi) is 5.85. The Bertz CT molecular complexity index is 1160. The van der Waals surface area contributed by atoms with E-state index in [1.807, 2.05) is 0 Å². The van der Waals surface area contributed by atoms with Crippen molar-refractivity contribution in [3.8, 4) is 17.2 Å². The monoisotopic (exact) mass is 439 g/mol. The number of anilines is 2. The average molecular weight is 439 g/mol. The van der Waals surface area contributed by atoms with E-state index in [9.17, 15) is 9.59 Å². The summed E-state index contributed by atoms with van der Waals surface area (Å²) in [6, 6.07) is 4.96. The van der Waals surface area contributed by atoms with E-state index in [0.717, 1.165) is 5.56 Å². The van der Waals surface area contributed by atoms with E-state index in [2.05, 4.69) is 25.5 Å². The number of carbonyl (C=O) groups is 2. The first-order valence-corrected chi connectivity index (χ1v) is 9.63. The Morgan fingerprint density at radius 1 is 1.25 bits per heavy atom. The molecule has 4 rings (SSSR count). The maximum atomic E-state index is 12.9. The van der Waals surface area contributed by atoms with Gasteiger partial charge in [-0.05, 0) is 17.7 Å². The number of nitrogens with zero attached hydrogens (tertiary/aromatic N) is 4. The standard InChI is InChI=1S/C20H21N7O5/c1-30-15-7-11-10-27(19(29)12(11)8-16(15)31-2)20-24-17(25-26-20)18(28)23-13-9-22-5-3-14(13)32-6-4-21/h3,5,7-9H,4,6,10,21H2,1-2H3,(H,23,28)(H,24,25,26). The zero-order valence-corrected chi connectivity index (χ0v) is 17.4. The minimum absolute atomic E-state index is 0.0695.